The zero-order chi connectivity index (χ0) is 6.62. The summed E-state index contributed by atoms with van der Waals surface area (Å²) in [5, 5.41) is 8.45. The van der Waals surface area contributed by atoms with E-state index in [4.69, 9.17) is 5.11 Å². The van der Waals surface area contributed by atoms with Crippen molar-refractivity contribution in [2.24, 2.45) is 0 Å². The Kier molecular flexibility index (Phi) is 3.59. The van der Waals surface area contributed by atoms with Crippen LogP contribution in [0.1, 0.15) is 6.42 Å². The van der Waals surface area contributed by atoms with E-state index in [0.29, 0.717) is 6.61 Å². The molecular weight excluding hydrogens is 119 g/mol. The molecule has 0 amide bonds. The predicted octanol–water partition coefficient (Wildman–Crippen LogP) is 1.28. The van der Waals surface area contributed by atoms with Crippen molar-refractivity contribution in [1.29, 1.82) is 0 Å². The van der Waals surface area contributed by atoms with Crippen molar-refractivity contribution in [2.45, 2.75) is 6.42 Å². The fourth-order valence-electron chi connectivity index (χ4n) is 0.545. The van der Waals surface area contributed by atoms with E-state index in [1.165, 1.54) is 6.16 Å². The molecule has 0 bridgehead atoms. The molecule has 1 nitrogen and oxygen atoms in total. The first-order valence-electron chi connectivity index (χ1n) is 2.97. The maximum Gasteiger partial charge on any atom is 0.0608 e. The van der Waals surface area contributed by atoms with Crippen LogP contribution >= 0.6 is 7.26 Å². The zero-order valence-corrected chi connectivity index (χ0v) is 6.91. The van der Waals surface area contributed by atoms with E-state index in [1.807, 2.05) is 0 Å². The Bertz CT molecular complexity index is 56.0. The highest BCUT2D eigenvalue weighted by atomic mass is 31.2. The molecule has 1 N–H and O–H groups in total. The van der Waals surface area contributed by atoms with Gasteiger partial charge in [-0.3, -0.25) is 0 Å². The van der Waals surface area contributed by atoms with Gasteiger partial charge in [0.2, 0.25) is 0 Å². The van der Waals surface area contributed by atoms with Gasteiger partial charge >= 0.3 is 0 Å². The monoisotopic (exact) mass is 135 g/mol. The first kappa shape index (κ1) is 8.39. The fraction of sp³-hybridized carbons (Fsp3) is 1.00. The summed E-state index contributed by atoms with van der Waals surface area (Å²) in [5.74, 6) is 0. The highest BCUT2D eigenvalue weighted by molar-refractivity contribution is 7.73. The Hall–Kier alpha value is 0.390. The van der Waals surface area contributed by atoms with Gasteiger partial charge in [0.1, 0.15) is 0 Å². The van der Waals surface area contributed by atoms with Crippen LogP contribution in [0, 0.1) is 0 Å². The first-order chi connectivity index (χ1) is 3.56. The van der Waals surface area contributed by atoms with Crippen molar-refractivity contribution in [3.05, 3.63) is 0 Å². The Morgan fingerprint density at radius 2 is 1.75 bits per heavy atom. The van der Waals surface area contributed by atoms with E-state index >= 15 is 0 Å². The molecule has 50 valence electrons. The van der Waals surface area contributed by atoms with Crippen LogP contribution in [-0.2, 0) is 0 Å². The first-order valence-corrected chi connectivity index (χ1v) is 6.29. The molecule has 0 aromatic heterocycles. The molecule has 0 aliphatic rings. The lowest BCUT2D eigenvalue weighted by molar-refractivity contribution is 0.296. The van der Waals surface area contributed by atoms with Crippen molar-refractivity contribution in [1.82, 2.24) is 0 Å². The van der Waals surface area contributed by atoms with Gasteiger partial charge < -0.3 is 5.11 Å². The van der Waals surface area contributed by atoms with Crippen LogP contribution in [0.5, 0.6) is 0 Å². The molecule has 0 radical (unpaired) electrons. The molecule has 0 unspecified atom stereocenters. The van der Waals surface area contributed by atoms with Crippen LogP contribution < -0.4 is 0 Å². The highest BCUT2D eigenvalue weighted by Gasteiger charge is 2.14. The summed E-state index contributed by atoms with van der Waals surface area (Å²) >= 11 is 0. The summed E-state index contributed by atoms with van der Waals surface area (Å²) in [6.07, 6.45) is 2.21. The maximum atomic E-state index is 8.45. The number of hydrogen-bond acceptors (Lipinski definition) is 1. The van der Waals surface area contributed by atoms with E-state index in [0.717, 1.165) is 6.42 Å². The standard InChI is InChI=1S/C6H16OP/c1-8(2,3)6-4-5-7/h7H,4-6H2,1-3H3/q+1. The summed E-state index contributed by atoms with van der Waals surface area (Å²) in [5.41, 5.74) is 0. The molecule has 0 heterocycles. The minimum Gasteiger partial charge on any atom is -0.396 e. The largest absolute Gasteiger partial charge is 0.396 e. The van der Waals surface area contributed by atoms with Crippen LogP contribution in [-0.4, -0.2) is 37.9 Å². The molecule has 0 spiro atoms. The third-order valence-electron chi connectivity index (χ3n) is 0.987. The van der Waals surface area contributed by atoms with Crippen LogP contribution in [0.15, 0.2) is 0 Å². The lowest BCUT2D eigenvalue weighted by atomic mass is 10.5. The summed E-state index contributed by atoms with van der Waals surface area (Å²) in [4.78, 5) is 0. The molecule has 0 aliphatic carbocycles. The summed E-state index contributed by atoms with van der Waals surface area (Å²) in [7, 11) is -0.592. The average Bonchev–Trinajstić information content (AvgIpc) is 1.59. The third kappa shape index (κ3) is 6.39. The van der Waals surface area contributed by atoms with E-state index in [9.17, 15) is 0 Å². The van der Waals surface area contributed by atoms with Crippen LogP contribution in [0.4, 0.5) is 0 Å². The summed E-state index contributed by atoms with van der Waals surface area (Å²) in [6.45, 7) is 7.24. The molecule has 2 heteroatoms. The quantitative estimate of drug-likeness (QED) is 0.578. The smallest absolute Gasteiger partial charge is 0.0608 e. The Morgan fingerprint density at radius 1 is 1.25 bits per heavy atom. The fourth-order valence-corrected chi connectivity index (χ4v) is 1.64. The number of rotatable bonds is 3. The van der Waals surface area contributed by atoms with E-state index in [1.54, 1.807) is 0 Å². The topological polar surface area (TPSA) is 20.2 Å². The molecule has 0 aromatic rings. The maximum absolute atomic E-state index is 8.45. The molecule has 0 fully saturated rings. The van der Waals surface area contributed by atoms with Gasteiger partial charge in [-0.25, -0.2) is 0 Å². The van der Waals surface area contributed by atoms with E-state index < -0.39 is 7.26 Å². The molecule has 8 heavy (non-hydrogen) atoms. The molecule has 0 rings (SSSR count). The lowest BCUT2D eigenvalue weighted by Crippen LogP contribution is -1.95. The molecule has 0 aromatic carbocycles. The van der Waals surface area contributed by atoms with Gasteiger partial charge in [-0.2, -0.15) is 0 Å². The van der Waals surface area contributed by atoms with Gasteiger partial charge in [0.15, 0.2) is 0 Å². The minimum absolute atomic E-state index is 0.358. The second-order valence-corrected chi connectivity index (χ2v) is 8.12. The molecule has 0 saturated heterocycles. The second-order valence-electron chi connectivity index (χ2n) is 3.09. The SMILES string of the molecule is C[P+](C)(C)CCCO. The van der Waals surface area contributed by atoms with Gasteiger partial charge in [-0.05, 0) is 0 Å². The van der Waals surface area contributed by atoms with Crippen molar-refractivity contribution in [2.75, 3.05) is 32.8 Å². The molecular formula is C6H16OP+. The Morgan fingerprint density at radius 3 is 1.88 bits per heavy atom. The van der Waals surface area contributed by atoms with Gasteiger partial charge in [-0.15, -0.1) is 0 Å². The Balaban J connectivity index is 3.11. The van der Waals surface area contributed by atoms with Crippen molar-refractivity contribution in [3.63, 3.8) is 0 Å². The van der Waals surface area contributed by atoms with Crippen molar-refractivity contribution >= 4 is 7.26 Å². The van der Waals surface area contributed by atoms with Crippen molar-refractivity contribution < 1.29 is 5.11 Å². The van der Waals surface area contributed by atoms with Crippen LogP contribution in [0.3, 0.4) is 0 Å². The van der Waals surface area contributed by atoms with Crippen LogP contribution in [0.25, 0.3) is 0 Å². The minimum atomic E-state index is -0.592. The predicted molar refractivity (Wildman–Crippen MR) is 41.3 cm³/mol. The van der Waals surface area contributed by atoms with E-state index in [2.05, 4.69) is 20.0 Å². The van der Waals surface area contributed by atoms with Gasteiger partial charge in [0.25, 0.3) is 0 Å². The molecule has 0 aliphatic heterocycles. The van der Waals surface area contributed by atoms with Crippen LogP contribution in [0.2, 0.25) is 0 Å². The molecule has 0 saturated carbocycles. The van der Waals surface area contributed by atoms with E-state index in [-0.39, 0.29) is 0 Å². The lowest BCUT2D eigenvalue weighted by Gasteiger charge is -2.09. The Labute approximate surface area is 52.4 Å². The average molecular weight is 135 g/mol. The van der Waals surface area contributed by atoms with Gasteiger partial charge in [0.05, 0.1) is 6.16 Å². The number of aliphatic hydroxyl groups excluding tert-OH is 1. The van der Waals surface area contributed by atoms with Crippen molar-refractivity contribution in [3.8, 4) is 0 Å². The summed E-state index contributed by atoms with van der Waals surface area (Å²) < 4.78 is 0. The normalized spacial score (nSPS) is 12.0. The molecule has 0 atom stereocenters. The highest BCUT2D eigenvalue weighted by Crippen LogP contribution is 2.46. The van der Waals surface area contributed by atoms with Gasteiger partial charge in [0, 0.05) is 40.3 Å². The van der Waals surface area contributed by atoms with Gasteiger partial charge in [-0.1, -0.05) is 0 Å². The number of aliphatic hydroxyl groups is 1. The number of hydrogen-bond donors (Lipinski definition) is 1. The zero-order valence-electron chi connectivity index (χ0n) is 6.02. The third-order valence-corrected chi connectivity index (χ3v) is 2.64. The second kappa shape index (κ2) is 3.42. The summed E-state index contributed by atoms with van der Waals surface area (Å²) in [6, 6.07) is 0.